The van der Waals surface area contributed by atoms with Crippen LogP contribution in [0.1, 0.15) is 45.4 Å². The molecule has 0 radical (unpaired) electrons. The Bertz CT molecular complexity index is 228. The third kappa shape index (κ3) is 2.83. The summed E-state index contributed by atoms with van der Waals surface area (Å²) in [7, 11) is 1.76. The van der Waals surface area contributed by atoms with Crippen LogP contribution in [-0.2, 0) is 9.47 Å². The molecule has 1 atom stereocenters. The summed E-state index contributed by atoms with van der Waals surface area (Å²) in [5.41, 5.74) is -0.283. The first kappa shape index (κ1) is 13.3. The standard InChI is InChI=1S/C14H26O3/c1-11-3-7-14(16-2,8-4-11)13(15)12-5-9-17-10-6-12/h11-13,15H,3-10H2,1-2H3. The van der Waals surface area contributed by atoms with Gasteiger partial charge in [-0.25, -0.2) is 0 Å². The smallest absolute Gasteiger partial charge is 0.0939 e. The Morgan fingerprint density at radius 1 is 1.18 bits per heavy atom. The van der Waals surface area contributed by atoms with Crippen molar-refractivity contribution in [2.45, 2.75) is 57.2 Å². The van der Waals surface area contributed by atoms with Crippen molar-refractivity contribution in [3.8, 4) is 0 Å². The molecule has 1 saturated carbocycles. The zero-order valence-electron chi connectivity index (χ0n) is 11.2. The number of methoxy groups -OCH3 is 1. The molecule has 1 unspecified atom stereocenters. The maximum absolute atomic E-state index is 10.7. The van der Waals surface area contributed by atoms with Crippen molar-refractivity contribution < 1.29 is 14.6 Å². The molecule has 2 fully saturated rings. The zero-order valence-corrected chi connectivity index (χ0v) is 11.2. The lowest BCUT2D eigenvalue weighted by molar-refractivity contribution is -0.157. The van der Waals surface area contributed by atoms with Crippen molar-refractivity contribution in [1.29, 1.82) is 0 Å². The number of rotatable bonds is 3. The highest BCUT2D eigenvalue weighted by Gasteiger charge is 2.44. The molecule has 0 aromatic heterocycles. The first-order valence-electron chi connectivity index (χ1n) is 6.99. The van der Waals surface area contributed by atoms with E-state index in [0.717, 1.165) is 44.8 Å². The van der Waals surface area contributed by atoms with Gasteiger partial charge in [-0.15, -0.1) is 0 Å². The molecule has 1 saturated heterocycles. The summed E-state index contributed by atoms with van der Waals surface area (Å²) >= 11 is 0. The normalized spacial score (nSPS) is 37.9. The van der Waals surface area contributed by atoms with Gasteiger partial charge in [-0.1, -0.05) is 6.92 Å². The van der Waals surface area contributed by atoms with Gasteiger partial charge in [0.1, 0.15) is 0 Å². The molecule has 1 heterocycles. The summed E-state index contributed by atoms with van der Waals surface area (Å²) in [6.07, 6.45) is 5.99. The minimum Gasteiger partial charge on any atom is -0.390 e. The quantitative estimate of drug-likeness (QED) is 0.825. The predicted octanol–water partition coefficient (Wildman–Crippen LogP) is 2.37. The van der Waals surface area contributed by atoms with Crippen molar-refractivity contribution in [1.82, 2.24) is 0 Å². The fraction of sp³-hybridized carbons (Fsp3) is 1.00. The highest BCUT2D eigenvalue weighted by atomic mass is 16.5. The van der Waals surface area contributed by atoms with Crippen LogP contribution in [0, 0.1) is 11.8 Å². The molecule has 0 aromatic carbocycles. The lowest BCUT2D eigenvalue weighted by Crippen LogP contribution is -2.51. The van der Waals surface area contributed by atoms with E-state index in [1.165, 1.54) is 12.8 Å². The molecule has 2 aliphatic rings. The van der Waals surface area contributed by atoms with E-state index in [0.29, 0.717) is 5.92 Å². The molecular weight excluding hydrogens is 216 g/mol. The fourth-order valence-corrected chi connectivity index (χ4v) is 3.33. The van der Waals surface area contributed by atoms with Gasteiger partial charge in [0.05, 0.1) is 11.7 Å². The number of aliphatic hydroxyl groups excluding tert-OH is 1. The lowest BCUT2D eigenvalue weighted by atomic mass is 9.72. The van der Waals surface area contributed by atoms with Gasteiger partial charge in [-0.2, -0.15) is 0 Å². The maximum atomic E-state index is 10.7. The molecule has 3 heteroatoms. The third-order valence-corrected chi connectivity index (χ3v) is 4.78. The topological polar surface area (TPSA) is 38.7 Å². The Labute approximate surface area is 104 Å². The molecular formula is C14H26O3. The summed E-state index contributed by atoms with van der Waals surface area (Å²) in [5, 5.41) is 10.7. The van der Waals surface area contributed by atoms with Crippen molar-refractivity contribution >= 4 is 0 Å². The van der Waals surface area contributed by atoms with Crippen LogP contribution in [0.15, 0.2) is 0 Å². The highest BCUT2D eigenvalue weighted by molar-refractivity contribution is 4.95. The molecule has 0 aromatic rings. The largest absolute Gasteiger partial charge is 0.390 e. The van der Waals surface area contributed by atoms with Gasteiger partial charge >= 0.3 is 0 Å². The van der Waals surface area contributed by atoms with E-state index in [2.05, 4.69) is 6.92 Å². The molecule has 0 spiro atoms. The third-order valence-electron chi connectivity index (χ3n) is 4.78. The fourth-order valence-electron chi connectivity index (χ4n) is 3.33. The van der Waals surface area contributed by atoms with Crippen molar-refractivity contribution in [3.05, 3.63) is 0 Å². The molecule has 0 amide bonds. The van der Waals surface area contributed by atoms with Gasteiger partial charge in [0.15, 0.2) is 0 Å². The van der Waals surface area contributed by atoms with Gasteiger partial charge in [-0.05, 0) is 50.4 Å². The molecule has 17 heavy (non-hydrogen) atoms. The molecule has 1 aliphatic carbocycles. The van der Waals surface area contributed by atoms with Gasteiger partial charge in [0, 0.05) is 20.3 Å². The maximum Gasteiger partial charge on any atom is 0.0939 e. The number of ether oxygens (including phenoxy) is 2. The van der Waals surface area contributed by atoms with Gasteiger partial charge < -0.3 is 14.6 Å². The van der Waals surface area contributed by atoms with Crippen LogP contribution >= 0.6 is 0 Å². The lowest BCUT2D eigenvalue weighted by Gasteiger charge is -2.45. The predicted molar refractivity (Wildman–Crippen MR) is 66.9 cm³/mol. The van der Waals surface area contributed by atoms with E-state index in [-0.39, 0.29) is 11.7 Å². The van der Waals surface area contributed by atoms with Gasteiger partial charge in [-0.3, -0.25) is 0 Å². The number of hydrogen-bond donors (Lipinski definition) is 1. The highest BCUT2D eigenvalue weighted by Crippen LogP contribution is 2.40. The Balaban J connectivity index is 2.00. The summed E-state index contributed by atoms with van der Waals surface area (Å²) in [6.45, 7) is 3.87. The average molecular weight is 242 g/mol. The first-order chi connectivity index (χ1) is 8.18. The number of hydrogen-bond acceptors (Lipinski definition) is 3. The Hall–Kier alpha value is -0.120. The Morgan fingerprint density at radius 3 is 2.29 bits per heavy atom. The molecule has 3 nitrogen and oxygen atoms in total. The second-order valence-electron chi connectivity index (χ2n) is 5.85. The minimum atomic E-state index is -0.316. The van der Waals surface area contributed by atoms with Crippen LogP contribution in [0.2, 0.25) is 0 Å². The van der Waals surface area contributed by atoms with Crippen molar-refractivity contribution in [3.63, 3.8) is 0 Å². The number of aliphatic hydroxyl groups is 1. The molecule has 2 rings (SSSR count). The van der Waals surface area contributed by atoms with Gasteiger partial charge in [0.25, 0.3) is 0 Å². The summed E-state index contributed by atoms with van der Waals surface area (Å²) in [6, 6.07) is 0. The van der Waals surface area contributed by atoms with E-state index in [1.807, 2.05) is 0 Å². The van der Waals surface area contributed by atoms with E-state index in [9.17, 15) is 5.11 Å². The summed E-state index contributed by atoms with van der Waals surface area (Å²) < 4.78 is 11.1. The van der Waals surface area contributed by atoms with E-state index in [1.54, 1.807) is 7.11 Å². The van der Waals surface area contributed by atoms with Crippen molar-refractivity contribution in [2.24, 2.45) is 11.8 Å². The Kier molecular flexibility index (Phi) is 4.45. The Morgan fingerprint density at radius 2 is 1.76 bits per heavy atom. The molecule has 1 N–H and O–H groups in total. The molecule has 1 aliphatic heterocycles. The van der Waals surface area contributed by atoms with Crippen LogP contribution in [0.3, 0.4) is 0 Å². The zero-order chi connectivity index (χ0) is 12.3. The summed E-state index contributed by atoms with van der Waals surface area (Å²) in [4.78, 5) is 0. The van der Waals surface area contributed by atoms with Crippen LogP contribution < -0.4 is 0 Å². The summed E-state index contributed by atoms with van der Waals surface area (Å²) in [5.74, 6) is 1.14. The van der Waals surface area contributed by atoms with Crippen LogP contribution in [0.5, 0.6) is 0 Å². The van der Waals surface area contributed by atoms with E-state index in [4.69, 9.17) is 9.47 Å². The second kappa shape index (κ2) is 5.68. The SMILES string of the molecule is COC1(C(O)C2CCOCC2)CCC(C)CC1. The van der Waals surface area contributed by atoms with Crippen molar-refractivity contribution in [2.75, 3.05) is 20.3 Å². The van der Waals surface area contributed by atoms with Crippen LogP contribution in [-0.4, -0.2) is 37.1 Å². The van der Waals surface area contributed by atoms with E-state index >= 15 is 0 Å². The van der Waals surface area contributed by atoms with Crippen LogP contribution in [0.25, 0.3) is 0 Å². The first-order valence-corrected chi connectivity index (χ1v) is 6.99. The van der Waals surface area contributed by atoms with E-state index < -0.39 is 0 Å². The molecule has 100 valence electrons. The molecule has 0 bridgehead atoms. The van der Waals surface area contributed by atoms with Gasteiger partial charge in [0.2, 0.25) is 0 Å². The second-order valence-corrected chi connectivity index (χ2v) is 5.85. The monoisotopic (exact) mass is 242 g/mol. The average Bonchev–Trinajstić information content (AvgIpc) is 2.40. The minimum absolute atomic E-state index is 0.283. The van der Waals surface area contributed by atoms with Crippen LogP contribution in [0.4, 0.5) is 0 Å².